The monoisotopic (exact) mass is 505 g/mol. The molecule has 0 aromatic heterocycles. The van der Waals surface area contributed by atoms with E-state index in [2.05, 4.69) is 98.8 Å². The van der Waals surface area contributed by atoms with E-state index in [-0.39, 0.29) is 0 Å². The Labute approximate surface area is 209 Å². The van der Waals surface area contributed by atoms with Gasteiger partial charge >= 0.3 is 5.32 Å². The van der Waals surface area contributed by atoms with E-state index in [1.54, 1.807) is 0 Å². The lowest BCUT2D eigenvalue weighted by molar-refractivity contribution is 0.450. The van der Waals surface area contributed by atoms with Crippen LogP contribution in [0.4, 0.5) is 0 Å². The van der Waals surface area contributed by atoms with Crippen molar-refractivity contribution in [3.63, 3.8) is 0 Å². The Bertz CT molecular complexity index is 871. The lowest BCUT2D eigenvalue weighted by atomic mass is 9.77. The van der Waals surface area contributed by atoms with E-state index >= 15 is 0 Å². The summed E-state index contributed by atoms with van der Waals surface area (Å²) >= 11 is 18.4. The molecule has 0 amide bonds. The van der Waals surface area contributed by atoms with Crippen LogP contribution in [0.3, 0.4) is 0 Å². The van der Waals surface area contributed by atoms with Gasteiger partial charge in [-0.1, -0.05) is 98.8 Å². The Hall–Kier alpha value is -1.04. The van der Waals surface area contributed by atoms with Gasteiger partial charge in [0.15, 0.2) is 0 Å². The Kier molecular flexibility index (Phi) is 9.94. The third-order valence-electron chi connectivity index (χ3n) is 6.48. The minimum absolute atomic E-state index is 0.474. The van der Waals surface area contributed by atoms with Crippen molar-refractivity contribution in [1.82, 2.24) is 0 Å². The van der Waals surface area contributed by atoms with Gasteiger partial charge in [-0.2, -0.15) is 0 Å². The van der Waals surface area contributed by atoms with Gasteiger partial charge in [-0.05, 0) is 65.7 Å². The molecule has 3 aromatic rings. The predicted molar refractivity (Wildman–Crippen MR) is 146 cm³/mol. The van der Waals surface area contributed by atoms with Crippen molar-refractivity contribution in [3.8, 4) is 0 Å². The summed E-state index contributed by atoms with van der Waals surface area (Å²) in [6.07, 6.45) is 5.09. The van der Waals surface area contributed by atoms with Gasteiger partial charge in [0.1, 0.15) is 39.9 Å². The van der Waals surface area contributed by atoms with Crippen molar-refractivity contribution < 1.29 is 0 Å². The fourth-order valence-electron chi connectivity index (χ4n) is 4.68. The standard InChI is InChI=1S/C28H33Cl3P/c1-3-23(25-11-7-5-8-12-25)19-28(20-24(4-2)26-13-9-6-10-14-26)27-17-15-22(16-18-27)21-32(29,30)31/h5-18,23-24,28H,3-4,19-21H2,1-2H3/q+1. The van der Waals surface area contributed by atoms with Crippen LogP contribution in [0.1, 0.15) is 79.5 Å². The average Bonchev–Trinajstić information content (AvgIpc) is 2.80. The molecule has 0 N–H and O–H groups in total. The molecule has 0 saturated carbocycles. The van der Waals surface area contributed by atoms with Gasteiger partial charge in [-0.25, -0.2) is 0 Å². The first kappa shape index (κ1) is 25.6. The normalized spacial score (nSPS) is 14.7. The molecule has 0 nitrogen and oxygen atoms in total. The number of hydrogen-bond donors (Lipinski definition) is 0. The maximum absolute atomic E-state index is 6.12. The summed E-state index contributed by atoms with van der Waals surface area (Å²) < 4.78 is 0. The van der Waals surface area contributed by atoms with E-state index in [0.717, 1.165) is 31.2 Å². The van der Waals surface area contributed by atoms with Crippen LogP contribution in [-0.4, -0.2) is 0 Å². The number of halogens is 3. The van der Waals surface area contributed by atoms with Crippen molar-refractivity contribution in [2.45, 2.75) is 63.4 Å². The average molecular weight is 507 g/mol. The third-order valence-corrected chi connectivity index (χ3v) is 8.28. The van der Waals surface area contributed by atoms with Gasteiger partial charge in [0.2, 0.25) is 0 Å². The summed E-state index contributed by atoms with van der Waals surface area (Å²) in [5.41, 5.74) is 5.36. The minimum atomic E-state index is -2.39. The first-order valence-electron chi connectivity index (χ1n) is 11.5. The second-order valence-electron chi connectivity index (χ2n) is 8.65. The molecule has 0 heterocycles. The molecule has 4 heteroatoms. The molecule has 2 unspecified atom stereocenters. The van der Waals surface area contributed by atoms with Gasteiger partial charge in [-0.15, -0.1) is 0 Å². The van der Waals surface area contributed by atoms with Crippen LogP contribution in [-0.2, 0) is 6.16 Å². The molecule has 3 aromatic carbocycles. The van der Waals surface area contributed by atoms with Crippen molar-refractivity contribution >= 4 is 39.0 Å². The van der Waals surface area contributed by atoms with Crippen LogP contribution in [0, 0.1) is 0 Å². The molecule has 0 radical (unpaired) electrons. The topological polar surface area (TPSA) is 0 Å². The highest BCUT2D eigenvalue weighted by Gasteiger charge is 2.33. The molecule has 0 aliphatic rings. The fraction of sp³-hybridized carbons (Fsp3) is 0.357. The summed E-state index contributed by atoms with van der Waals surface area (Å²) in [5, 5.41) is -2.39. The molecule has 0 fully saturated rings. The van der Waals surface area contributed by atoms with E-state index in [9.17, 15) is 0 Å². The highest BCUT2D eigenvalue weighted by molar-refractivity contribution is 8.32. The molecular weight excluding hydrogens is 474 g/mol. The zero-order chi connectivity index (χ0) is 23.0. The summed E-state index contributed by atoms with van der Waals surface area (Å²) in [4.78, 5) is 0. The van der Waals surface area contributed by atoms with Crippen LogP contribution in [0.2, 0.25) is 0 Å². The summed E-state index contributed by atoms with van der Waals surface area (Å²) in [7, 11) is 0. The van der Waals surface area contributed by atoms with Gasteiger partial charge < -0.3 is 0 Å². The molecular formula is C28H33Cl3P+. The zero-order valence-corrected chi connectivity index (χ0v) is 22.1. The molecule has 32 heavy (non-hydrogen) atoms. The first-order chi connectivity index (χ1) is 15.4. The molecule has 0 bridgehead atoms. The van der Waals surface area contributed by atoms with E-state index in [1.165, 1.54) is 16.7 Å². The van der Waals surface area contributed by atoms with Crippen LogP contribution < -0.4 is 0 Å². The summed E-state index contributed by atoms with van der Waals surface area (Å²) in [6, 6.07) is 30.7. The van der Waals surface area contributed by atoms with Crippen LogP contribution in [0.25, 0.3) is 0 Å². The van der Waals surface area contributed by atoms with E-state index in [4.69, 9.17) is 33.7 Å². The Morgan fingerprint density at radius 1 is 0.562 bits per heavy atom. The second kappa shape index (κ2) is 12.4. The van der Waals surface area contributed by atoms with Crippen molar-refractivity contribution in [2.24, 2.45) is 0 Å². The van der Waals surface area contributed by atoms with Gasteiger partial charge in [-0.3, -0.25) is 0 Å². The molecule has 170 valence electrons. The van der Waals surface area contributed by atoms with Crippen molar-refractivity contribution in [3.05, 3.63) is 107 Å². The van der Waals surface area contributed by atoms with Crippen LogP contribution >= 0.6 is 39.0 Å². The number of benzene rings is 3. The van der Waals surface area contributed by atoms with Crippen molar-refractivity contribution in [1.29, 1.82) is 0 Å². The lowest BCUT2D eigenvalue weighted by Crippen LogP contribution is -2.11. The van der Waals surface area contributed by atoms with E-state index < -0.39 is 5.32 Å². The largest absolute Gasteiger partial charge is 0.312 e. The molecule has 0 saturated heterocycles. The maximum atomic E-state index is 6.12. The van der Waals surface area contributed by atoms with Gasteiger partial charge in [0.05, 0.1) is 0 Å². The molecule has 0 aliphatic heterocycles. The minimum Gasteiger partial charge on any atom is -0.0648 e. The highest BCUT2D eigenvalue weighted by atomic mass is 36.1. The number of hydrogen-bond acceptors (Lipinski definition) is 0. The lowest BCUT2D eigenvalue weighted by Gasteiger charge is -2.28. The Morgan fingerprint density at radius 3 is 1.34 bits per heavy atom. The molecule has 2 atom stereocenters. The van der Waals surface area contributed by atoms with Crippen molar-refractivity contribution in [2.75, 3.05) is 0 Å². The fourth-order valence-corrected chi connectivity index (χ4v) is 6.55. The van der Waals surface area contributed by atoms with Gasteiger partial charge in [0, 0.05) is 0 Å². The second-order valence-corrected chi connectivity index (χ2v) is 16.8. The van der Waals surface area contributed by atoms with Crippen LogP contribution in [0.5, 0.6) is 0 Å². The van der Waals surface area contributed by atoms with Gasteiger partial charge in [0.25, 0.3) is 0 Å². The number of rotatable bonds is 11. The summed E-state index contributed by atoms with van der Waals surface area (Å²) in [5.74, 6) is 1.56. The molecule has 3 rings (SSSR count). The highest BCUT2D eigenvalue weighted by Crippen LogP contribution is 2.75. The summed E-state index contributed by atoms with van der Waals surface area (Å²) in [6.45, 7) is 4.61. The van der Waals surface area contributed by atoms with E-state index in [0.29, 0.717) is 23.9 Å². The maximum Gasteiger partial charge on any atom is 0.312 e. The first-order valence-corrected chi connectivity index (χ1v) is 16.2. The third kappa shape index (κ3) is 7.78. The zero-order valence-electron chi connectivity index (χ0n) is 18.9. The quantitative estimate of drug-likeness (QED) is 0.227. The van der Waals surface area contributed by atoms with Crippen LogP contribution in [0.15, 0.2) is 84.9 Å². The molecule has 0 aliphatic carbocycles. The smallest absolute Gasteiger partial charge is 0.0648 e. The predicted octanol–water partition coefficient (Wildman–Crippen LogP) is 10.9. The molecule has 0 spiro atoms. The Morgan fingerprint density at radius 2 is 0.969 bits per heavy atom. The van der Waals surface area contributed by atoms with E-state index in [1.807, 2.05) is 0 Å². The SMILES string of the molecule is CCC(CC(CC(CC)c1ccccc1)c1ccc(C[P+](Cl)(Cl)Cl)cc1)c1ccccc1. The Balaban J connectivity index is 1.88.